The van der Waals surface area contributed by atoms with Crippen LogP contribution in [0, 0.1) is 0 Å². The monoisotopic (exact) mass is 245 g/mol. The molecule has 0 unspecified atom stereocenters. The molecule has 0 atom stereocenters. The van der Waals surface area contributed by atoms with Gasteiger partial charge in [-0.15, -0.1) is 10.2 Å². The molecule has 0 amide bonds. The van der Waals surface area contributed by atoms with Gasteiger partial charge in [0.05, 0.1) is 7.11 Å². The predicted octanol–water partition coefficient (Wildman–Crippen LogP) is 2.65. The molecule has 0 N–H and O–H groups in total. The molecule has 0 aliphatic rings. The molecular weight excluding hydrogens is 226 g/mol. The topological polar surface area (TPSA) is 39.9 Å². The van der Waals surface area contributed by atoms with Gasteiger partial charge in [-0.05, 0) is 38.0 Å². The van der Waals surface area contributed by atoms with E-state index in [0.717, 1.165) is 24.4 Å². The molecule has 1 heterocycles. The minimum atomic E-state index is 0.408. The molecule has 0 aliphatic carbocycles. The van der Waals surface area contributed by atoms with Gasteiger partial charge in [0, 0.05) is 12.5 Å². The summed E-state index contributed by atoms with van der Waals surface area (Å²) < 4.78 is 7.26. The molecule has 2 rings (SSSR count). The first-order valence-corrected chi connectivity index (χ1v) is 6.22. The number of rotatable bonds is 5. The van der Waals surface area contributed by atoms with Gasteiger partial charge in [0.25, 0.3) is 0 Å². The number of benzene rings is 1. The quantitative estimate of drug-likeness (QED) is 0.813. The maximum Gasteiger partial charge on any atom is 0.133 e. The van der Waals surface area contributed by atoms with Crippen LogP contribution in [0.2, 0.25) is 0 Å². The first-order chi connectivity index (χ1) is 8.70. The summed E-state index contributed by atoms with van der Waals surface area (Å²) in [5.41, 5.74) is 1.29. The highest BCUT2D eigenvalue weighted by Gasteiger charge is 2.07. The molecular formula is C14H19N3O. The molecule has 0 fully saturated rings. The van der Waals surface area contributed by atoms with E-state index in [4.69, 9.17) is 4.74 Å². The van der Waals surface area contributed by atoms with Crippen molar-refractivity contribution >= 4 is 0 Å². The van der Waals surface area contributed by atoms with Crippen LogP contribution >= 0.6 is 0 Å². The molecule has 0 saturated heterocycles. The average molecular weight is 245 g/mol. The van der Waals surface area contributed by atoms with Gasteiger partial charge in [-0.1, -0.05) is 12.1 Å². The largest absolute Gasteiger partial charge is 0.497 e. The van der Waals surface area contributed by atoms with Crippen molar-refractivity contribution in [3.8, 4) is 5.75 Å². The van der Waals surface area contributed by atoms with Gasteiger partial charge in [-0.25, -0.2) is 0 Å². The van der Waals surface area contributed by atoms with Crippen molar-refractivity contribution < 1.29 is 4.74 Å². The van der Waals surface area contributed by atoms with E-state index in [-0.39, 0.29) is 0 Å². The van der Waals surface area contributed by atoms with Crippen LogP contribution in [0.25, 0.3) is 0 Å². The second kappa shape index (κ2) is 5.67. The van der Waals surface area contributed by atoms with Crippen LogP contribution in [-0.4, -0.2) is 21.9 Å². The number of methoxy groups -OCH3 is 1. The van der Waals surface area contributed by atoms with E-state index in [2.05, 4.69) is 40.7 Å². The second-order valence-corrected chi connectivity index (χ2v) is 4.60. The van der Waals surface area contributed by atoms with E-state index in [1.165, 1.54) is 5.56 Å². The zero-order valence-electron chi connectivity index (χ0n) is 11.1. The molecule has 0 saturated carbocycles. The maximum atomic E-state index is 5.14. The normalized spacial score (nSPS) is 10.9. The average Bonchev–Trinajstić information content (AvgIpc) is 2.85. The first-order valence-electron chi connectivity index (χ1n) is 6.22. The number of hydrogen-bond acceptors (Lipinski definition) is 3. The lowest BCUT2D eigenvalue weighted by Gasteiger charge is -2.09. The Hall–Kier alpha value is -1.84. The van der Waals surface area contributed by atoms with Crippen LogP contribution in [0.1, 0.15) is 31.3 Å². The Kier molecular flexibility index (Phi) is 3.97. The maximum absolute atomic E-state index is 5.14. The summed E-state index contributed by atoms with van der Waals surface area (Å²) in [5.74, 6) is 1.94. The Bertz CT molecular complexity index is 488. The molecule has 0 radical (unpaired) electrons. The highest BCUT2D eigenvalue weighted by atomic mass is 16.5. The van der Waals surface area contributed by atoms with Crippen molar-refractivity contribution in [1.29, 1.82) is 0 Å². The summed E-state index contributed by atoms with van der Waals surface area (Å²) in [4.78, 5) is 0. The van der Waals surface area contributed by atoms with Crippen molar-refractivity contribution in [2.45, 2.75) is 32.7 Å². The highest BCUT2D eigenvalue weighted by molar-refractivity contribution is 5.27. The van der Waals surface area contributed by atoms with Crippen LogP contribution in [0.4, 0.5) is 0 Å². The van der Waals surface area contributed by atoms with Crippen LogP contribution in [0.5, 0.6) is 5.75 Å². The fourth-order valence-corrected chi connectivity index (χ4v) is 1.93. The Morgan fingerprint density at radius 1 is 1.17 bits per heavy atom. The van der Waals surface area contributed by atoms with Crippen molar-refractivity contribution in [3.05, 3.63) is 42.0 Å². The van der Waals surface area contributed by atoms with Gasteiger partial charge < -0.3 is 9.30 Å². The van der Waals surface area contributed by atoms with Crippen LogP contribution in [0.15, 0.2) is 30.6 Å². The Morgan fingerprint density at radius 2 is 1.89 bits per heavy atom. The molecule has 4 nitrogen and oxygen atoms in total. The number of aryl methyl sites for hydroxylation is 2. The van der Waals surface area contributed by atoms with Crippen LogP contribution < -0.4 is 4.74 Å². The van der Waals surface area contributed by atoms with E-state index in [9.17, 15) is 0 Å². The summed E-state index contributed by atoms with van der Waals surface area (Å²) in [6.07, 6.45) is 3.67. The summed E-state index contributed by atoms with van der Waals surface area (Å²) in [5, 5.41) is 8.15. The Morgan fingerprint density at radius 3 is 2.50 bits per heavy atom. The molecule has 1 aromatic carbocycles. The minimum absolute atomic E-state index is 0.408. The minimum Gasteiger partial charge on any atom is -0.497 e. The van der Waals surface area contributed by atoms with E-state index in [1.807, 2.05) is 12.1 Å². The van der Waals surface area contributed by atoms with E-state index < -0.39 is 0 Å². The van der Waals surface area contributed by atoms with Gasteiger partial charge in [-0.2, -0.15) is 0 Å². The van der Waals surface area contributed by atoms with Gasteiger partial charge in [0.2, 0.25) is 0 Å². The third kappa shape index (κ3) is 2.88. The third-order valence-electron chi connectivity index (χ3n) is 3.00. The standard InChI is InChI=1S/C14H19N3O/c1-11(2)17-10-15-16-14(17)9-6-12-4-7-13(18-3)8-5-12/h4-5,7-8,10-11H,6,9H2,1-3H3. The molecule has 2 aromatic rings. The van der Waals surface area contributed by atoms with Crippen LogP contribution in [0.3, 0.4) is 0 Å². The summed E-state index contributed by atoms with van der Waals surface area (Å²) >= 11 is 0. The fourth-order valence-electron chi connectivity index (χ4n) is 1.93. The molecule has 0 aliphatic heterocycles. The zero-order chi connectivity index (χ0) is 13.0. The first kappa shape index (κ1) is 12.6. The van der Waals surface area contributed by atoms with Crippen molar-refractivity contribution in [2.75, 3.05) is 7.11 Å². The lowest BCUT2D eigenvalue weighted by atomic mass is 10.1. The summed E-state index contributed by atoms with van der Waals surface area (Å²) in [7, 11) is 1.68. The summed E-state index contributed by atoms with van der Waals surface area (Å²) in [6.45, 7) is 4.28. The number of aromatic nitrogens is 3. The van der Waals surface area contributed by atoms with Gasteiger partial charge >= 0.3 is 0 Å². The molecule has 18 heavy (non-hydrogen) atoms. The number of hydrogen-bond donors (Lipinski definition) is 0. The van der Waals surface area contributed by atoms with E-state index >= 15 is 0 Å². The Balaban J connectivity index is 2.00. The molecule has 0 bridgehead atoms. The van der Waals surface area contributed by atoms with Gasteiger partial charge in [-0.3, -0.25) is 0 Å². The molecule has 96 valence electrons. The highest BCUT2D eigenvalue weighted by Crippen LogP contribution is 2.14. The van der Waals surface area contributed by atoms with E-state index in [0.29, 0.717) is 6.04 Å². The van der Waals surface area contributed by atoms with Gasteiger partial charge in [0.1, 0.15) is 17.9 Å². The smallest absolute Gasteiger partial charge is 0.133 e. The predicted molar refractivity (Wildman–Crippen MR) is 70.8 cm³/mol. The fraction of sp³-hybridized carbons (Fsp3) is 0.429. The number of ether oxygens (including phenoxy) is 1. The van der Waals surface area contributed by atoms with Crippen molar-refractivity contribution in [1.82, 2.24) is 14.8 Å². The van der Waals surface area contributed by atoms with Crippen LogP contribution in [-0.2, 0) is 12.8 Å². The van der Waals surface area contributed by atoms with E-state index in [1.54, 1.807) is 13.4 Å². The van der Waals surface area contributed by atoms with Gasteiger partial charge in [0.15, 0.2) is 0 Å². The summed E-state index contributed by atoms with van der Waals surface area (Å²) in [6, 6.07) is 8.57. The molecule has 1 aromatic heterocycles. The Labute approximate surface area is 108 Å². The second-order valence-electron chi connectivity index (χ2n) is 4.60. The molecule has 0 spiro atoms. The zero-order valence-corrected chi connectivity index (χ0v) is 11.1. The van der Waals surface area contributed by atoms with Crippen molar-refractivity contribution in [3.63, 3.8) is 0 Å². The SMILES string of the molecule is COc1ccc(CCc2nncn2C(C)C)cc1. The molecule has 4 heteroatoms. The lowest BCUT2D eigenvalue weighted by molar-refractivity contribution is 0.414. The number of nitrogens with zero attached hydrogens (tertiary/aromatic N) is 3. The third-order valence-corrected chi connectivity index (χ3v) is 3.00. The van der Waals surface area contributed by atoms with Crippen molar-refractivity contribution in [2.24, 2.45) is 0 Å². The lowest BCUT2D eigenvalue weighted by Crippen LogP contribution is -2.06.